The Hall–Kier alpha value is -1.62. The van der Waals surface area contributed by atoms with Crippen LogP contribution in [-0.2, 0) is 22.2 Å². The van der Waals surface area contributed by atoms with E-state index in [4.69, 9.17) is 16.3 Å². The Bertz CT molecular complexity index is 946. The molecule has 1 spiro atoms. The van der Waals surface area contributed by atoms with E-state index in [1.807, 2.05) is 0 Å². The highest BCUT2D eigenvalue weighted by Crippen LogP contribution is 2.54. The monoisotopic (exact) mass is 449 g/mol. The molecule has 0 saturated carbocycles. The van der Waals surface area contributed by atoms with E-state index in [0.29, 0.717) is 20.3 Å². The molecule has 1 amide bonds. The Morgan fingerprint density at radius 3 is 2.79 bits per heavy atom. The van der Waals surface area contributed by atoms with Crippen molar-refractivity contribution in [3.8, 4) is 0 Å². The van der Waals surface area contributed by atoms with Crippen molar-refractivity contribution in [2.24, 2.45) is 7.05 Å². The van der Waals surface area contributed by atoms with E-state index in [-0.39, 0.29) is 19.4 Å². The van der Waals surface area contributed by atoms with Gasteiger partial charge >= 0.3 is 12.1 Å². The molecule has 11 heteroatoms. The van der Waals surface area contributed by atoms with Gasteiger partial charge in [-0.2, -0.15) is 18.3 Å². The average Bonchev–Trinajstić information content (AvgIpc) is 3.23. The van der Waals surface area contributed by atoms with Gasteiger partial charge in [-0.05, 0) is 13.0 Å². The molecule has 4 heterocycles. The minimum atomic E-state index is -4.99. The van der Waals surface area contributed by atoms with E-state index in [2.05, 4.69) is 5.10 Å². The number of hydrogen-bond donors (Lipinski definition) is 1. The van der Waals surface area contributed by atoms with Gasteiger partial charge in [-0.1, -0.05) is 11.6 Å². The van der Waals surface area contributed by atoms with E-state index in [0.717, 1.165) is 4.90 Å². The number of fused-ring (bicyclic) bond motifs is 2. The number of amides is 1. The van der Waals surface area contributed by atoms with Crippen molar-refractivity contribution in [2.75, 3.05) is 6.61 Å². The van der Waals surface area contributed by atoms with E-state index in [1.54, 1.807) is 26.2 Å². The molecule has 0 aromatic carbocycles. The third-order valence-corrected chi connectivity index (χ3v) is 7.03. The summed E-state index contributed by atoms with van der Waals surface area (Å²) in [5.41, 5.74) is 0.197. The predicted molar refractivity (Wildman–Crippen MR) is 99.5 cm³/mol. The summed E-state index contributed by atoms with van der Waals surface area (Å²) in [7, 11) is 1.66. The fourth-order valence-electron chi connectivity index (χ4n) is 4.43. The average molecular weight is 450 g/mol. The summed E-state index contributed by atoms with van der Waals surface area (Å²) in [6, 6.07) is 0.0330. The molecule has 1 N–H and O–H groups in total. The summed E-state index contributed by atoms with van der Waals surface area (Å²) in [5, 5.41) is 14.3. The predicted octanol–water partition coefficient (Wildman–Crippen LogP) is 3.71. The van der Waals surface area contributed by atoms with E-state index < -0.39 is 35.9 Å². The number of rotatable bonds is 1. The van der Waals surface area contributed by atoms with Crippen LogP contribution in [0, 0.1) is 0 Å². The maximum absolute atomic E-state index is 13.3. The zero-order valence-electron chi connectivity index (χ0n) is 15.6. The first-order chi connectivity index (χ1) is 13.5. The van der Waals surface area contributed by atoms with Crippen LogP contribution in [-0.4, -0.2) is 44.5 Å². The van der Waals surface area contributed by atoms with Crippen LogP contribution in [0.1, 0.15) is 47.9 Å². The minimum Gasteiger partial charge on any atom is -0.386 e. The number of hydrogen-bond acceptors (Lipinski definition) is 5. The topological polar surface area (TPSA) is 67.6 Å². The van der Waals surface area contributed by atoms with Crippen molar-refractivity contribution >= 4 is 28.8 Å². The zero-order valence-corrected chi connectivity index (χ0v) is 17.2. The van der Waals surface area contributed by atoms with Gasteiger partial charge in [-0.3, -0.25) is 9.48 Å². The molecule has 0 unspecified atom stereocenters. The Labute approximate surface area is 173 Å². The van der Waals surface area contributed by atoms with Gasteiger partial charge < -0.3 is 14.7 Å². The van der Waals surface area contributed by atoms with Gasteiger partial charge in [0.1, 0.15) is 11.7 Å². The highest BCUT2D eigenvalue weighted by molar-refractivity contribution is 7.16. The van der Waals surface area contributed by atoms with Crippen molar-refractivity contribution < 1.29 is 27.8 Å². The molecule has 6 nitrogen and oxygen atoms in total. The SMILES string of the molecule is C[C@H]1C[C@@]2(C[C@@H](c3cnn(C)c3)N1C(=O)C(F)(F)F)OC[C@@H](O)c1cc(Cl)sc12. The van der Waals surface area contributed by atoms with Crippen LogP contribution in [0.5, 0.6) is 0 Å². The molecular weight excluding hydrogens is 431 g/mol. The molecule has 29 heavy (non-hydrogen) atoms. The zero-order chi connectivity index (χ0) is 21.1. The highest BCUT2D eigenvalue weighted by Gasteiger charge is 2.55. The number of piperidine rings is 1. The first-order valence-electron chi connectivity index (χ1n) is 9.01. The molecule has 2 aromatic heterocycles. The number of aliphatic hydroxyl groups is 1. The highest BCUT2D eigenvalue weighted by atomic mass is 35.5. The van der Waals surface area contributed by atoms with Crippen molar-refractivity contribution in [1.82, 2.24) is 14.7 Å². The van der Waals surface area contributed by atoms with Crippen LogP contribution in [0.15, 0.2) is 18.5 Å². The molecule has 1 fully saturated rings. The molecule has 4 atom stereocenters. The van der Waals surface area contributed by atoms with Crippen molar-refractivity contribution in [2.45, 2.75) is 49.7 Å². The maximum atomic E-state index is 13.3. The molecular formula is C18H19ClF3N3O3S. The maximum Gasteiger partial charge on any atom is 0.471 e. The van der Waals surface area contributed by atoms with Crippen LogP contribution in [0.25, 0.3) is 0 Å². The molecule has 2 aromatic rings. The van der Waals surface area contributed by atoms with Gasteiger partial charge in [0.2, 0.25) is 0 Å². The van der Waals surface area contributed by atoms with E-state index >= 15 is 0 Å². The van der Waals surface area contributed by atoms with Gasteiger partial charge in [0, 0.05) is 48.1 Å². The molecule has 1 saturated heterocycles. The number of aromatic nitrogens is 2. The minimum absolute atomic E-state index is 0.0136. The number of ether oxygens (including phenoxy) is 1. The number of thiophene rings is 1. The summed E-state index contributed by atoms with van der Waals surface area (Å²) in [6.07, 6.45) is -2.48. The van der Waals surface area contributed by atoms with Gasteiger partial charge in [0.25, 0.3) is 0 Å². The summed E-state index contributed by atoms with van der Waals surface area (Å²) in [5.74, 6) is -1.88. The first-order valence-corrected chi connectivity index (χ1v) is 10.2. The molecule has 0 bridgehead atoms. The fraction of sp³-hybridized carbons (Fsp3) is 0.556. The lowest BCUT2D eigenvalue weighted by molar-refractivity contribution is -0.203. The second-order valence-electron chi connectivity index (χ2n) is 7.59. The molecule has 0 radical (unpaired) electrons. The Morgan fingerprint density at radius 1 is 1.45 bits per heavy atom. The van der Waals surface area contributed by atoms with Crippen molar-refractivity contribution in [3.05, 3.63) is 38.8 Å². The quantitative estimate of drug-likeness (QED) is 0.720. The van der Waals surface area contributed by atoms with Gasteiger partial charge in [-0.25, -0.2) is 0 Å². The number of aryl methyl sites for hydroxylation is 1. The lowest BCUT2D eigenvalue weighted by Crippen LogP contribution is -2.56. The number of halogens is 4. The van der Waals surface area contributed by atoms with Crippen LogP contribution >= 0.6 is 22.9 Å². The van der Waals surface area contributed by atoms with Gasteiger partial charge in [0.05, 0.1) is 23.2 Å². The third-order valence-electron chi connectivity index (χ3n) is 5.57. The number of alkyl halides is 3. The van der Waals surface area contributed by atoms with Gasteiger partial charge in [0.15, 0.2) is 0 Å². The van der Waals surface area contributed by atoms with Crippen LogP contribution in [0.4, 0.5) is 13.2 Å². The number of carbonyl (C=O) groups is 1. The standard InChI is InChI=1S/C18H19ClF3N3O3S/c1-9-4-17(15-11(3-14(19)29-15)13(26)8-28-17)5-12(10-6-23-24(2)7-10)25(9)16(27)18(20,21)22/h3,6-7,9,12-13,26H,4-5,8H2,1-2H3/t9-,12-,13+,17-/m0/s1. The summed E-state index contributed by atoms with van der Waals surface area (Å²) < 4.78 is 48.0. The Balaban J connectivity index is 1.81. The smallest absolute Gasteiger partial charge is 0.386 e. The summed E-state index contributed by atoms with van der Waals surface area (Å²) in [6.45, 7) is 1.59. The Kier molecular flexibility index (Phi) is 4.96. The number of likely N-dealkylation sites (tertiary alicyclic amines) is 1. The Morgan fingerprint density at radius 2 is 2.17 bits per heavy atom. The van der Waals surface area contributed by atoms with Crippen LogP contribution < -0.4 is 0 Å². The molecule has 0 aliphatic carbocycles. The molecule has 2 aliphatic heterocycles. The summed E-state index contributed by atoms with van der Waals surface area (Å²) in [4.78, 5) is 13.9. The van der Waals surface area contributed by atoms with Gasteiger partial charge in [-0.15, -0.1) is 11.3 Å². The van der Waals surface area contributed by atoms with E-state index in [9.17, 15) is 23.1 Å². The first kappa shape index (κ1) is 20.6. The van der Waals surface area contributed by atoms with Crippen molar-refractivity contribution in [1.29, 1.82) is 0 Å². The molecule has 2 aliphatic rings. The normalized spacial score (nSPS) is 29.9. The third kappa shape index (κ3) is 3.45. The lowest BCUT2D eigenvalue weighted by Gasteiger charge is -2.51. The fourth-order valence-corrected chi connectivity index (χ4v) is 5.88. The van der Waals surface area contributed by atoms with E-state index in [1.165, 1.54) is 22.2 Å². The summed E-state index contributed by atoms with van der Waals surface area (Å²) >= 11 is 7.43. The lowest BCUT2D eigenvalue weighted by atomic mass is 9.77. The number of carbonyl (C=O) groups excluding carboxylic acids is 1. The second kappa shape index (κ2) is 6.97. The number of nitrogens with zero attached hydrogens (tertiary/aromatic N) is 3. The second-order valence-corrected chi connectivity index (χ2v) is 9.27. The molecule has 4 rings (SSSR count). The van der Waals surface area contributed by atoms with Crippen LogP contribution in [0.2, 0.25) is 4.34 Å². The molecule has 158 valence electrons. The van der Waals surface area contributed by atoms with Crippen LogP contribution in [0.3, 0.4) is 0 Å². The number of aliphatic hydroxyl groups excluding tert-OH is 1. The largest absolute Gasteiger partial charge is 0.471 e. The van der Waals surface area contributed by atoms with Crippen molar-refractivity contribution in [3.63, 3.8) is 0 Å².